The summed E-state index contributed by atoms with van der Waals surface area (Å²) in [5, 5.41) is 4.80. The molecule has 10 heteroatoms. The zero-order valence-corrected chi connectivity index (χ0v) is 18.1. The number of nitrogens with zero attached hydrogens (tertiary/aromatic N) is 3. The summed E-state index contributed by atoms with van der Waals surface area (Å²) in [7, 11) is 3.21. The number of thioether (sulfide) groups is 1. The van der Waals surface area contributed by atoms with Gasteiger partial charge in [-0.25, -0.2) is 14.8 Å². The standard InChI is InChI=1S/C19H20N4O4S2/c1-5-27-18(24)15-14-13-16(21-19(28-4)22-17(13)29-15)23(9-20-14)10-6-7-11(25-2)12(8-10)26-3/h6-8,20H,5,9H2,1-4H3. The molecule has 8 nitrogen and oxygen atoms in total. The number of nitrogens with one attached hydrogen (secondary N) is 1. The number of carbonyl (C=O) groups excluding carboxylic acids is 1. The molecule has 1 aliphatic heterocycles. The molecule has 29 heavy (non-hydrogen) atoms. The molecule has 1 aromatic carbocycles. The Morgan fingerprint density at radius 2 is 2.07 bits per heavy atom. The van der Waals surface area contributed by atoms with Gasteiger partial charge < -0.3 is 24.4 Å². The number of carbonyl (C=O) groups is 1. The number of aromatic nitrogens is 2. The van der Waals surface area contributed by atoms with E-state index in [1.807, 2.05) is 29.4 Å². The van der Waals surface area contributed by atoms with Crippen LogP contribution in [-0.2, 0) is 4.74 Å². The fraction of sp³-hybridized carbons (Fsp3) is 0.316. The van der Waals surface area contributed by atoms with Gasteiger partial charge in [0.05, 0.1) is 38.6 Å². The third-order valence-electron chi connectivity index (χ3n) is 4.50. The summed E-state index contributed by atoms with van der Waals surface area (Å²) in [4.78, 5) is 25.1. The summed E-state index contributed by atoms with van der Waals surface area (Å²) >= 11 is 2.78. The number of thiophene rings is 1. The van der Waals surface area contributed by atoms with Gasteiger partial charge in [-0.1, -0.05) is 11.8 Å². The second kappa shape index (κ2) is 7.96. The van der Waals surface area contributed by atoms with Gasteiger partial charge in [-0.3, -0.25) is 0 Å². The molecule has 152 valence electrons. The van der Waals surface area contributed by atoms with E-state index in [-0.39, 0.29) is 5.97 Å². The number of anilines is 3. The van der Waals surface area contributed by atoms with E-state index in [2.05, 4.69) is 10.3 Å². The zero-order valence-electron chi connectivity index (χ0n) is 16.4. The van der Waals surface area contributed by atoms with Crippen molar-refractivity contribution in [3.05, 3.63) is 23.1 Å². The van der Waals surface area contributed by atoms with Gasteiger partial charge in [0.2, 0.25) is 0 Å². The van der Waals surface area contributed by atoms with Crippen molar-refractivity contribution in [3.63, 3.8) is 0 Å². The van der Waals surface area contributed by atoms with Crippen LogP contribution >= 0.6 is 23.1 Å². The van der Waals surface area contributed by atoms with E-state index in [9.17, 15) is 4.79 Å². The Morgan fingerprint density at radius 3 is 2.76 bits per heavy atom. The molecule has 4 rings (SSSR count). The lowest BCUT2D eigenvalue weighted by Gasteiger charge is -2.30. The Kier molecular flexibility index (Phi) is 5.37. The third kappa shape index (κ3) is 3.32. The average Bonchev–Trinajstić information content (AvgIpc) is 3.13. The van der Waals surface area contributed by atoms with Crippen molar-refractivity contribution in [1.82, 2.24) is 9.97 Å². The highest BCUT2D eigenvalue weighted by atomic mass is 32.2. The molecule has 0 saturated carbocycles. The summed E-state index contributed by atoms with van der Waals surface area (Å²) in [6.45, 7) is 2.55. The van der Waals surface area contributed by atoms with Gasteiger partial charge in [-0.05, 0) is 25.3 Å². The molecule has 3 aromatic rings. The Hall–Kier alpha value is -2.72. The Balaban J connectivity index is 1.89. The predicted molar refractivity (Wildman–Crippen MR) is 115 cm³/mol. The number of methoxy groups -OCH3 is 2. The number of hydrogen-bond donors (Lipinski definition) is 1. The molecule has 0 radical (unpaired) electrons. The van der Waals surface area contributed by atoms with Crippen LogP contribution in [0.5, 0.6) is 11.5 Å². The molecule has 1 N–H and O–H groups in total. The van der Waals surface area contributed by atoms with Crippen LogP contribution in [0, 0.1) is 0 Å². The van der Waals surface area contributed by atoms with E-state index in [4.69, 9.17) is 19.2 Å². The maximum Gasteiger partial charge on any atom is 0.350 e. The van der Waals surface area contributed by atoms with Crippen LogP contribution in [0.4, 0.5) is 17.2 Å². The molecule has 0 fully saturated rings. The Labute approximate surface area is 176 Å². The monoisotopic (exact) mass is 432 g/mol. The fourth-order valence-electron chi connectivity index (χ4n) is 3.20. The van der Waals surface area contributed by atoms with Crippen LogP contribution in [0.3, 0.4) is 0 Å². The third-order valence-corrected chi connectivity index (χ3v) is 6.12. The van der Waals surface area contributed by atoms with E-state index in [1.165, 1.54) is 23.1 Å². The number of benzene rings is 1. The molecular formula is C19H20N4O4S2. The average molecular weight is 433 g/mol. The highest BCUT2D eigenvalue weighted by Gasteiger charge is 2.30. The molecule has 0 amide bonds. The van der Waals surface area contributed by atoms with Gasteiger partial charge in [0.25, 0.3) is 0 Å². The van der Waals surface area contributed by atoms with Gasteiger partial charge >= 0.3 is 5.97 Å². The van der Waals surface area contributed by atoms with E-state index >= 15 is 0 Å². The highest BCUT2D eigenvalue weighted by molar-refractivity contribution is 7.98. The number of hydrogen-bond acceptors (Lipinski definition) is 10. The number of esters is 1. The molecule has 0 atom stereocenters. The molecular weight excluding hydrogens is 412 g/mol. The fourth-order valence-corrected chi connectivity index (χ4v) is 4.66. The maximum atomic E-state index is 12.4. The second-order valence-corrected chi connectivity index (χ2v) is 7.82. The lowest BCUT2D eigenvalue weighted by atomic mass is 10.2. The number of ether oxygens (including phenoxy) is 3. The van der Waals surface area contributed by atoms with Gasteiger partial charge in [0.15, 0.2) is 16.7 Å². The second-order valence-electron chi connectivity index (χ2n) is 6.04. The summed E-state index contributed by atoms with van der Waals surface area (Å²) in [6, 6.07) is 5.70. The predicted octanol–water partition coefficient (Wildman–Crippen LogP) is 4.13. The van der Waals surface area contributed by atoms with Crippen molar-refractivity contribution in [2.24, 2.45) is 0 Å². The molecule has 0 bridgehead atoms. The molecule has 0 unspecified atom stereocenters. The largest absolute Gasteiger partial charge is 0.493 e. The minimum absolute atomic E-state index is 0.318. The van der Waals surface area contributed by atoms with Crippen molar-refractivity contribution in [2.75, 3.05) is 44.0 Å². The van der Waals surface area contributed by atoms with Crippen LogP contribution in [0.15, 0.2) is 23.4 Å². The zero-order chi connectivity index (χ0) is 20.5. The lowest BCUT2D eigenvalue weighted by Crippen LogP contribution is -2.29. The summed E-state index contributed by atoms with van der Waals surface area (Å²) in [5.74, 6) is 1.67. The van der Waals surface area contributed by atoms with Crippen LogP contribution in [0.2, 0.25) is 0 Å². The van der Waals surface area contributed by atoms with Crippen molar-refractivity contribution in [3.8, 4) is 11.5 Å². The summed E-state index contributed by atoms with van der Waals surface area (Å²) in [6.07, 6.45) is 1.93. The minimum Gasteiger partial charge on any atom is -0.493 e. The summed E-state index contributed by atoms with van der Waals surface area (Å²) < 4.78 is 16.0. The van der Waals surface area contributed by atoms with Gasteiger partial charge in [0, 0.05) is 11.8 Å². The Bertz CT molecular complexity index is 1090. The number of rotatable bonds is 6. The first kappa shape index (κ1) is 19.6. The van der Waals surface area contributed by atoms with Crippen LogP contribution in [0.1, 0.15) is 16.6 Å². The normalized spacial score (nSPS) is 12.6. The minimum atomic E-state index is -0.353. The van der Waals surface area contributed by atoms with Crippen molar-refractivity contribution < 1.29 is 19.0 Å². The molecule has 3 heterocycles. The first-order valence-electron chi connectivity index (χ1n) is 8.90. The molecule has 0 aliphatic carbocycles. The lowest BCUT2D eigenvalue weighted by molar-refractivity contribution is 0.0533. The maximum absolute atomic E-state index is 12.4. The molecule has 0 spiro atoms. The van der Waals surface area contributed by atoms with Crippen molar-refractivity contribution in [2.45, 2.75) is 12.1 Å². The highest BCUT2D eigenvalue weighted by Crippen LogP contribution is 2.46. The Morgan fingerprint density at radius 1 is 1.28 bits per heavy atom. The first-order chi connectivity index (χ1) is 14.1. The molecule has 1 aliphatic rings. The topological polar surface area (TPSA) is 85.8 Å². The van der Waals surface area contributed by atoms with Gasteiger partial charge in [0.1, 0.15) is 15.5 Å². The van der Waals surface area contributed by atoms with Crippen molar-refractivity contribution >= 4 is 56.5 Å². The van der Waals surface area contributed by atoms with Crippen LogP contribution < -0.4 is 19.7 Å². The van der Waals surface area contributed by atoms with Gasteiger partial charge in [-0.15, -0.1) is 11.3 Å². The van der Waals surface area contributed by atoms with E-state index in [1.54, 1.807) is 21.1 Å². The van der Waals surface area contributed by atoms with Crippen LogP contribution in [-0.4, -0.2) is 49.7 Å². The van der Waals surface area contributed by atoms with Crippen LogP contribution in [0.25, 0.3) is 10.2 Å². The van der Waals surface area contributed by atoms with Crippen molar-refractivity contribution in [1.29, 1.82) is 0 Å². The first-order valence-corrected chi connectivity index (χ1v) is 10.9. The smallest absolute Gasteiger partial charge is 0.350 e. The molecule has 2 aromatic heterocycles. The SMILES string of the molecule is CCOC(=O)c1sc2nc(SC)nc3c2c1NCN3c1ccc(OC)c(OC)c1. The van der Waals surface area contributed by atoms with E-state index in [0.29, 0.717) is 34.8 Å². The summed E-state index contributed by atoms with van der Waals surface area (Å²) in [5.41, 5.74) is 1.61. The van der Waals surface area contributed by atoms with E-state index in [0.717, 1.165) is 27.4 Å². The van der Waals surface area contributed by atoms with E-state index < -0.39 is 0 Å². The molecule has 0 saturated heterocycles. The van der Waals surface area contributed by atoms with Gasteiger partial charge in [-0.2, -0.15) is 0 Å². The quantitative estimate of drug-likeness (QED) is 0.351.